The van der Waals surface area contributed by atoms with E-state index >= 15 is 0 Å². The van der Waals surface area contributed by atoms with Crippen molar-refractivity contribution in [2.75, 3.05) is 6.54 Å². The van der Waals surface area contributed by atoms with Gasteiger partial charge >= 0.3 is 0 Å². The van der Waals surface area contributed by atoms with E-state index in [1.54, 1.807) is 12.3 Å². The van der Waals surface area contributed by atoms with Crippen LogP contribution in [0.4, 0.5) is 0 Å². The summed E-state index contributed by atoms with van der Waals surface area (Å²) in [6.07, 6.45) is 3.57. The van der Waals surface area contributed by atoms with Crippen molar-refractivity contribution in [2.45, 2.75) is 12.5 Å². The van der Waals surface area contributed by atoms with Gasteiger partial charge in [0.1, 0.15) is 0 Å². The fourth-order valence-corrected chi connectivity index (χ4v) is 1.23. The summed E-state index contributed by atoms with van der Waals surface area (Å²) in [7, 11) is 0. The van der Waals surface area contributed by atoms with Gasteiger partial charge in [0.15, 0.2) is 6.29 Å². The maximum Gasteiger partial charge on any atom is 0.151 e. The summed E-state index contributed by atoms with van der Waals surface area (Å²) >= 11 is 0. The molecule has 1 aromatic heterocycles. The molecule has 1 aliphatic rings. The fraction of sp³-hybridized carbons (Fsp3) is 0.333. The maximum atomic E-state index is 10.3. The fourth-order valence-electron chi connectivity index (χ4n) is 1.23. The number of carbonyl (C=O) groups is 1. The lowest BCUT2D eigenvalue weighted by atomic mass is 10.0. The van der Waals surface area contributed by atoms with Crippen molar-refractivity contribution in [2.24, 2.45) is 0 Å². The van der Waals surface area contributed by atoms with Gasteiger partial charge in [0.2, 0.25) is 0 Å². The molecule has 0 amide bonds. The first kappa shape index (κ1) is 7.43. The lowest BCUT2D eigenvalue weighted by Gasteiger charge is -2.26. The summed E-state index contributed by atoms with van der Waals surface area (Å²) in [6.45, 7) is 1.07. The minimum absolute atomic E-state index is 0.408. The summed E-state index contributed by atoms with van der Waals surface area (Å²) in [5.41, 5.74) is 1.67. The minimum atomic E-state index is 0.408. The molecule has 1 atom stereocenters. The highest BCUT2D eigenvalue weighted by atomic mass is 16.1. The average molecular weight is 162 g/mol. The zero-order valence-corrected chi connectivity index (χ0v) is 6.66. The number of carbonyl (C=O) groups excluding carboxylic acids is 1. The summed E-state index contributed by atoms with van der Waals surface area (Å²) in [6, 6.07) is 4.11. The minimum Gasteiger partial charge on any atom is -0.309 e. The van der Waals surface area contributed by atoms with E-state index in [-0.39, 0.29) is 0 Å². The molecule has 1 N–H and O–H groups in total. The summed E-state index contributed by atoms with van der Waals surface area (Å²) < 4.78 is 0. The van der Waals surface area contributed by atoms with E-state index in [1.165, 1.54) is 0 Å². The topological polar surface area (TPSA) is 42.0 Å². The molecule has 0 saturated carbocycles. The zero-order chi connectivity index (χ0) is 8.39. The Hall–Kier alpha value is -1.22. The van der Waals surface area contributed by atoms with Crippen molar-refractivity contribution >= 4 is 6.29 Å². The third-order valence-corrected chi connectivity index (χ3v) is 2.13. The third-order valence-electron chi connectivity index (χ3n) is 2.13. The summed E-state index contributed by atoms with van der Waals surface area (Å²) in [5.74, 6) is 0. The van der Waals surface area contributed by atoms with Gasteiger partial charge in [0, 0.05) is 11.8 Å². The Morgan fingerprint density at radius 2 is 2.42 bits per heavy atom. The molecule has 1 fully saturated rings. The molecule has 0 aromatic carbocycles. The average Bonchev–Trinajstić information content (AvgIpc) is 2.03. The second-order valence-electron chi connectivity index (χ2n) is 2.93. The van der Waals surface area contributed by atoms with E-state index in [0.29, 0.717) is 11.6 Å². The SMILES string of the molecule is O=Cc1ccc([C@H]2CCN2)nc1. The van der Waals surface area contributed by atoms with Crippen molar-refractivity contribution in [3.8, 4) is 0 Å². The van der Waals surface area contributed by atoms with Crippen LogP contribution in [0.25, 0.3) is 0 Å². The Balaban J connectivity index is 2.18. The maximum absolute atomic E-state index is 10.3. The van der Waals surface area contributed by atoms with Crippen molar-refractivity contribution < 1.29 is 4.79 Å². The molecule has 0 unspecified atom stereocenters. The first-order valence-electron chi connectivity index (χ1n) is 4.04. The molecule has 1 aliphatic heterocycles. The Labute approximate surface area is 70.8 Å². The standard InChI is InChI=1S/C9H10N2O/c12-6-7-1-2-8(11-5-7)9-3-4-10-9/h1-2,5-6,9-10H,3-4H2/t9-/m1/s1. The Morgan fingerprint density at radius 1 is 1.58 bits per heavy atom. The van der Waals surface area contributed by atoms with Crippen LogP contribution in [0, 0.1) is 0 Å². The quantitative estimate of drug-likeness (QED) is 0.658. The van der Waals surface area contributed by atoms with Gasteiger partial charge in [-0.2, -0.15) is 0 Å². The van der Waals surface area contributed by atoms with Crippen LogP contribution < -0.4 is 5.32 Å². The Kier molecular flexibility index (Phi) is 1.87. The largest absolute Gasteiger partial charge is 0.309 e. The molecular weight excluding hydrogens is 152 g/mol. The van der Waals surface area contributed by atoms with E-state index in [4.69, 9.17) is 0 Å². The Morgan fingerprint density at radius 3 is 2.83 bits per heavy atom. The van der Waals surface area contributed by atoms with E-state index < -0.39 is 0 Å². The first-order chi connectivity index (χ1) is 5.90. The number of aldehydes is 1. The lowest BCUT2D eigenvalue weighted by molar-refractivity contribution is 0.112. The van der Waals surface area contributed by atoms with Crippen LogP contribution in [-0.4, -0.2) is 17.8 Å². The number of aromatic nitrogens is 1. The van der Waals surface area contributed by atoms with Crippen LogP contribution >= 0.6 is 0 Å². The predicted octanol–water partition coefficient (Wildman–Crippen LogP) is 0.929. The molecule has 0 bridgehead atoms. The predicted molar refractivity (Wildman–Crippen MR) is 45.0 cm³/mol. The van der Waals surface area contributed by atoms with Crippen molar-refractivity contribution in [3.63, 3.8) is 0 Å². The highest BCUT2D eigenvalue weighted by molar-refractivity contribution is 5.73. The monoisotopic (exact) mass is 162 g/mol. The third kappa shape index (κ3) is 1.23. The van der Waals surface area contributed by atoms with Gasteiger partial charge in [0.05, 0.1) is 11.7 Å². The molecular formula is C9H10N2O. The number of pyridine rings is 1. The van der Waals surface area contributed by atoms with Crippen LogP contribution in [0.3, 0.4) is 0 Å². The van der Waals surface area contributed by atoms with Crippen LogP contribution in [0.2, 0.25) is 0 Å². The Bertz CT molecular complexity index is 277. The molecule has 3 nitrogen and oxygen atoms in total. The summed E-state index contributed by atoms with van der Waals surface area (Å²) in [5, 5.41) is 3.25. The molecule has 2 heterocycles. The molecule has 0 spiro atoms. The first-order valence-corrected chi connectivity index (χ1v) is 4.04. The van der Waals surface area contributed by atoms with Gasteiger partial charge in [-0.3, -0.25) is 9.78 Å². The van der Waals surface area contributed by atoms with Crippen molar-refractivity contribution in [1.29, 1.82) is 0 Å². The van der Waals surface area contributed by atoms with E-state index in [1.807, 2.05) is 6.07 Å². The van der Waals surface area contributed by atoms with E-state index in [9.17, 15) is 4.79 Å². The molecule has 1 saturated heterocycles. The van der Waals surface area contributed by atoms with Crippen LogP contribution in [-0.2, 0) is 0 Å². The van der Waals surface area contributed by atoms with Crippen molar-refractivity contribution in [3.05, 3.63) is 29.6 Å². The van der Waals surface area contributed by atoms with Crippen LogP contribution in [0.1, 0.15) is 28.5 Å². The van der Waals surface area contributed by atoms with Gasteiger partial charge in [0.25, 0.3) is 0 Å². The lowest BCUT2D eigenvalue weighted by Crippen LogP contribution is -2.35. The van der Waals surface area contributed by atoms with Gasteiger partial charge < -0.3 is 5.32 Å². The number of nitrogens with zero attached hydrogens (tertiary/aromatic N) is 1. The number of nitrogens with one attached hydrogen (secondary N) is 1. The molecule has 12 heavy (non-hydrogen) atoms. The summed E-state index contributed by atoms with van der Waals surface area (Å²) in [4.78, 5) is 14.5. The van der Waals surface area contributed by atoms with E-state index in [2.05, 4.69) is 10.3 Å². The van der Waals surface area contributed by atoms with Gasteiger partial charge in [-0.25, -0.2) is 0 Å². The van der Waals surface area contributed by atoms with Gasteiger partial charge in [-0.05, 0) is 25.1 Å². The molecule has 2 rings (SSSR count). The number of hydrogen-bond donors (Lipinski definition) is 1. The molecule has 62 valence electrons. The number of hydrogen-bond acceptors (Lipinski definition) is 3. The zero-order valence-electron chi connectivity index (χ0n) is 6.66. The van der Waals surface area contributed by atoms with Gasteiger partial charge in [-0.15, -0.1) is 0 Å². The van der Waals surface area contributed by atoms with E-state index in [0.717, 1.165) is 24.9 Å². The van der Waals surface area contributed by atoms with Crippen molar-refractivity contribution in [1.82, 2.24) is 10.3 Å². The second kappa shape index (κ2) is 3.03. The number of rotatable bonds is 2. The highest BCUT2D eigenvalue weighted by Gasteiger charge is 2.18. The van der Waals surface area contributed by atoms with Crippen LogP contribution in [0.5, 0.6) is 0 Å². The van der Waals surface area contributed by atoms with Crippen LogP contribution in [0.15, 0.2) is 18.3 Å². The molecule has 3 heteroatoms. The molecule has 0 radical (unpaired) electrons. The second-order valence-corrected chi connectivity index (χ2v) is 2.93. The van der Waals surface area contributed by atoms with Gasteiger partial charge in [-0.1, -0.05) is 0 Å². The normalized spacial score (nSPS) is 21.5. The highest BCUT2D eigenvalue weighted by Crippen LogP contribution is 2.20. The smallest absolute Gasteiger partial charge is 0.151 e. The molecule has 1 aromatic rings. The molecule has 0 aliphatic carbocycles.